The molecule has 0 aliphatic carbocycles. The maximum atomic E-state index is 13.9. The van der Waals surface area contributed by atoms with Crippen LogP contribution in [0.25, 0.3) is 55.6 Å². The summed E-state index contributed by atoms with van der Waals surface area (Å²) in [5, 5.41) is 29.0. The molecule has 0 bridgehead atoms. The molecule has 3 aromatic heterocycles. The molecular formula is C26H17FN4O2. The number of nitrogens with one attached hydrogen (secondary N) is 2. The zero-order chi connectivity index (χ0) is 22.5. The molecule has 33 heavy (non-hydrogen) atoms. The van der Waals surface area contributed by atoms with Gasteiger partial charge in [0.15, 0.2) is 0 Å². The Morgan fingerprint density at radius 1 is 0.758 bits per heavy atom. The Morgan fingerprint density at radius 3 is 2.45 bits per heavy atom. The Balaban J connectivity index is 1.51. The largest absolute Gasteiger partial charge is 0.508 e. The number of pyridine rings is 1. The molecule has 4 N–H and O–H groups in total. The van der Waals surface area contributed by atoms with Gasteiger partial charge in [0.05, 0.1) is 23.1 Å². The molecule has 0 aliphatic heterocycles. The topological polar surface area (TPSA) is 97.8 Å². The van der Waals surface area contributed by atoms with Gasteiger partial charge in [0.25, 0.3) is 0 Å². The lowest BCUT2D eigenvalue weighted by atomic mass is 10.0. The molecule has 160 valence electrons. The second-order valence-electron chi connectivity index (χ2n) is 7.89. The van der Waals surface area contributed by atoms with E-state index >= 15 is 0 Å². The predicted octanol–water partition coefficient (Wildman–Crippen LogP) is 5.99. The minimum Gasteiger partial charge on any atom is -0.508 e. The molecule has 0 fully saturated rings. The summed E-state index contributed by atoms with van der Waals surface area (Å²) in [6.07, 6.45) is 1.72. The Labute approximate surface area is 187 Å². The van der Waals surface area contributed by atoms with Crippen molar-refractivity contribution in [1.82, 2.24) is 20.2 Å². The van der Waals surface area contributed by atoms with Crippen LogP contribution in [-0.2, 0) is 0 Å². The lowest BCUT2D eigenvalue weighted by Crippen LogP contribution is -1.84. The molecule has 0 unspecified atom stereocenters. The van der Waals surface area contributed by atoms with Gasteiger partial charge in [-0.05, 0) is 53.6 Å². The van der Waals surface area contributed by atoms with Crippen LogP contribution in [0.5, 0.6) is 11.5 Å². The molecule has 0 aliphatic rings. The smallest absolute Gasteiger partial charge is 0.127 e. The van der Waals surface area contributed by atoms with Crippen LogP contribution in [0, 0.1) is 5.82 Å². The minimum absolute atomic E-state index is 0.122. The average Bonchev–Trinajstić information content (AvgIpc) is 3.41. The van der Waals surface area contributed by atoms with Crippen molar-refractivity contribution in [2.24, 2.45) is 0 Å². The normalized spacial score (nSPS) is 11.4. The highest BCUT2D eigenvalue weighted by Crippen LogP contribution is 2.36. The number of phenolic OH excluding ortho intramolecular Hbond substituents is 2. The van der Waals surface area contributed by atoms with E-state index in [4.69, 9.17) is 0 Å². The maximum absolute atomic E-state index is 13.9. The first-order chi connectivity index (χ1) is 16.0. The molecule has 3 aromatic carbocycles. The van der Waals surface area contributed by atoms with Gasteiger partial charge >= 0.3 is 0 Å². The predicted molar refractivity (Wildman–Crippen MR) is 125 cm³/mol. The first-order valence-electron chi connectivity index (χ1n) is 10.3. The molecule has 6 aromatic rings. The molecular weight excluding hydrogens is 419 g/mol. The molecule has 0 spiro atoms. The summed E-state index contributed by atoms with van der Waals surface area (Å²) >= 11 is 0. The van der Waals surface area contributed by atoms with Crippen molar-refractivity contribution in [3.05, 3.63) is 84.8 Å². The number of aromatic amines is 2. The first kappa shape index (κ1) is 19.1. The number of hydrogen-bond acceptors (Lipinski definition) is 4. The lowest BCUT2D eigenvalue weighted by molar-refractivity contribution is 0.469. The van der Waals surface area contributed by atoms with Crippen LogP contribution >= 0.6 is 0 Å². The molecule has 7 heteroatoms. The zero-order valence-electron chi connectivity index (χ0n) is 17.2. The SMILES string of the molecule is Oc1cccc(-c2cc3c(-c4cc5c(-c6cc(O)cc(F)c6)cccc5[nH]4)n[nH]c3cn2)c1. The van der Waals surface area contributed by atoms with Crippen LogP contribution in [0.1, 0.15) is 0 Å². The third-order valence-corrected chi connectivity index (χ3v) is 5.70. The highest BCUT2D eigenvalue weighted by Gasteiger charge is 2.15. The van der Waals surface area contributed by atoms with Crippen LogP contribution in [0.4, 0.5) is 4.39 Å². The van der Waals surface area contributed by atoms with E-state index in [0.29, 0.717) is 11.3 Å². The van der Waals surface area contributed by atoms with E-state index in [2.05, 4.69) is 20.2 Å². The quantitative estimate of drug-likeness (QED) is 0.274. The fraction of sp³-hybridized carbons (Fsp3) is 0. The summed E-state index contributed by atoms with van der Waals surface area (Å²) in [6, 6.07) is 20.6. The van der Waals surface area contributed by atoms with Crippen molar-refractivity contribution in [3.63, 3.8) is 0 Å². The van der Waals surface area contributed by atoms with Gasteiger partial charge in [-0.15, -0.1) is 0 Å². The lowest BCUT2D eigenvalue weighted by Gasteiger charge is -2.05. The number of aromatic hydroxyl groups is 2. The Kier molecular flexibility index (Phi) is 4.16. The number of nitrogens with zero attached hydrogens (tertiary/aromatic N) is 2. The highest BCUT2D eigenvalue weighted by molar-refractivity contribution is 6.01. The van der Waals surface area contributed by atoms with Crippen LogP contribution in [0.3, 0.4) is 0 Å². The Bertz CT molecular complexity index is 1650. The second kappa shape index (κ2) is 7.20. The first-order valence-corrected chi connectivity index (χ1v) is 10.3. The van der Waals surface area contributed by atoms with Crippen molar-refractivity contribution < 1.29 is 14.6 Å². The Morgan fingerprint density at radius 2 is 1.61 bits per heavy atom. The zero-order valence-corrected chi connectivity index (χ0v) is 17.2. The number of halogens is 1. The van der Waals surface area contributed by atoms with Crippen molar-refractivity contribution in [2.45, 2.75) is 0 Å². The molecule has 6 nitrogen and oxygen atoms in total. The van der Waals surface area contributed by atoms with Crippen LogP contribution in [-0.4, -0.2) is 30.4 Å². The van der Waals surface area contributed by atoms with Crippen molar-refractivity contribution in [1.29, 1.82) is 0 Å². The molecule has 0 atom stereocenters. The number of hydrogen-bond donors (Lipinski definition) is 4. The van der Waals surface area contributed by atoms with Gasteiger partial charge in [0.2, 0.25) is 0 Å². The van der Waals surface area contributed by atoms with E-state index in [1.54, 1.807) is 30.5 Å². The number of H-pyrrole nitrogens is 2. The van der Waals surface area contributed by atoms with Gasteiger partial charge in [-0.25, -0.2) is 4.39 Å². The van der Waals surface area contributed by atoms with Crippen LogP contribution in [0.15, 0.2) is 79.0 Å². The number of rotatable bonds is 3. The average molecular weight is 436 g/mol. The fourth-order valence-electron chi connectivity index (χ4n) is 4.21. The number of aromatic nitrogens is 4. The number of phenols is 2. The summed E-state index contributed by atoms with van der Waals surface area (Å²) in [7, 11) is 0. The molecule has 0 saturated heterocycles. The van der Waals surface area contributed by atoms with E-state index in [0.717, 1.165) is 50.4 Å². The summed E-state index contributed by atoms with van der Waals surface area (Å²) in [5.41, 5.74) is 6.06. The van der Waals surface area contributed by atoms with Gasteiger partial charge in [0.1, 0.15) is 23.0 Å². The second-order valence-corrected chi connectivity index (χ2v) is 7.89. The fourth-order valence-corrected chi connectivity index (χ4v) is 4.21. The summed E-state index contributed by atoms with van der Waals surface area (Å²) < 4.78 is 13.9. The summed E-state index contributed by atoms with van der Waals surface area (Å²) in [6.45, 7) is 0. The standard InChI is InChI=1S/C26H17FN4O2/c27-16-7-15(9-18(33)10-16)19-5-2-6-22-20(19)11-24(29-22)26-21-12-23(28-13-25(21)30-31-26)14-3-1-4-17(32)8-14/h1-13,29,32-33H,(H,30,31). The van der Waals surface area contributed by atoms with Gasteiger partial charge < -0.3 is 15.2 Å². The van der Waals surface area contributed by atoms with Crippen LogP contribution in [0.2, 0.25) is 0 Å². The monoisotopic (exact) mass is 436 g/mol. The van der Waals surface area contributed by atoms with E-state index in [9.17, 15) is 14.6 Å². The Hall–Kier alpha value is -4.65. The highest BCUT2D eigenvalue weighted by atomic mass is 19.1. The van der Waals surface area contributed by atoms with E-state index in [-0.39, 0.29) is 11.5 Å². The molecule has 0 amide bonds. The molecule has 6 rings (SSSR count). The summed E-state index contributed by atoms with van der Waals surface area (Å²) in [4.78, 5) is 7.89. The number of benzene rings is 3. The minimum atomic E-state index is -0.497. The third-order valence-electron chi connectivity index (χ3n) is 5.70. The van der Waals surface area contributed by atoms with Crippen molar-refractivity contribution >= 4 is 21.8 Å². The van der Waals surface area contributed by atoms with Gasteiger partial charge in [-0.1, -0.05) is 24.3 Å². The van der Waals surface area contributed by atoms with Crippen LogP contribution < -0.4 is 0 Å². The number of fused-ring (bicyclic) bond motifs is 2. The molecule has 3 heterocycles. The molecule has 0 saturated carbocycles. The third kappa shape index (κ3) is 3.27. The van der Waals surface area contributed by atoms with Gasteiger partial charge in [-0.2, -0.15) is 5.10 Å². The van der Waals surface area contributed by atoms with Crippen molar-refractivity contribution in [3.8, 4) is 45.3 Å². The van der Waals surface area contributed by atoms with Crippen molar-refractivity contribution in [2.75, 3.05) is 0 Å². The van der Waals surface area contributed by atoms with E-state index < -0.39 is 5.82 Å². The maximum Gasteiger partial charge on any atom is 0.127 e. The van der Waals surface area contributed by atoms with E-state index in [1.807, 2.05) is 36.4 Å². The molecule has 0 radical (unpaired) electrons. The van der Waals surface area contributed by atoms with Gasteiger partial charge in [0, 0.05) is 27.9 Å². The van der Waals surface area contributed by atoms with Gasteiger partial charge in [-0.3, -0.25) is 10.1 Å². The van der Waals surface area contributed by atoms with E-state index in [1.165, 1.54) is 6.07 Å². The summed E-state index contributed by atoms with van der Waals surface area (Å²) in [5.74, 6) is -0.445.